The highest BCUT2D eigenvalue weighted by Gasteiger charge is 2.05. The second-order valence-electron chi connectivity index (χ2n) is 3.66. The van der Waals surface area contributed by atoms with Crippen LogP contribution in [0.5, 0.6) is 0 Å². The third-order valence-corrected chi connectivity index (χ3v) is 3.67. The van der Waals surface area contributed by atoms with Crippen LogP contribution in [-0.2, 0) is 6.61 Å². The fraction of sp³-hybridized carbons (Fsp3) is 0.0714. The summed E-state index contributed by atoms with van der Waals surface area (Å²) in [6.45, 7) is -0.0587. The van der Waals surface area contributed by atoms with Crippen molar-refractivity contribution in [3.8, 4) is 6.07 Å². The molecule has 0 saturated heterocycles. The number of halogens is 1. The smallest absolute Gasteiger partial charge is 0.100 e. The lowest BCUT2D eigenvalue weighted by molar-refractivity contribution is 0.281. The highest BCUT2D eigenvalue weighted by Crippen LogP contribution is 2.32. The van der Waals surface area contributed by atoms with Gasteiger partial charge in [0.15, 0.2) is 0 Å². The van der Waals surface area contributed by atoms with E-state index in [1.807, 2.05) is 36.4 Å². The van der Waals surface area contributed by atoms with Gasteiger partial charge in [-0.25, -0.2) is 0 Å². The number of aliphatic hydroxyl groups is 1. The average molecular weight is 276 g/mol. The fourth-order valence-corrected chi connectivity index (χ4v) is 2.70. The summed E-state index contributed by atoms with van der Waals surface area (Å²) in [7, 11) is 0. The van der Waals surface area contributed by atoms with Crippen molar-refractivity contribution in [3.05, 3.63) is 58.6 Å². The van der Waals surface area contributed by atoms with Gasteiger partial charge in [-0.15, -0.1) is 0 Å². The predicted molar refractivity (Wildman–Crippen MR) is 72.7 cm³/mol. The highest BCUT2D eigenvalue weighted by molar-refractivity contribution is 7.99. The molecule has 2 rings (SSSR count). The molecule has 0 amide bonds. The maximum atomic E-state index is 9.10. The SMILES string of the molecule is N#Cc1cc(CO)ccc1Sc1cccc(Cl)c1. The van der Waals surface area contributed by atoms with Gasteiger partial charge in [0.25, 0.3) is 0 Å². The van der Waals surface area contributed by atoms with Gasteiger partial charge in [0.2, 0.25) is 0 Å². The summed E-state index contributed by atoms with van der Waals surface area (Å²) in [5.41, 5.74) is 1.30. The zero-order valence-electron chi connectivity index (χ0n) is 9.43. The lowest BCUT2D eigenvalue weighted by atomic mass is 10.1. The summed E-state index contributed by atoms with van der Waals surface area (Å²) >= 11 is 7.40. The van der Waals surface area contributed by atoms with E-state index in [4.69, 9.17) is 22.0 Å². The van der Waals surface area contributed by atoms with E-state index in [2.05, 4.69) is 6.07 Å². The van der Waals surface area contributed by atoms with Crippen molar-refractivity contribution < 1.29 is 5.11 Å². The Morgan fingerprint density at radius 2 is 2.06 bits per heavy atom. The first kappa shape index (κ1) is 13.0. The fourth-order valence-electron chi connectivity index (χ4n) is 1.51. The van der Waals surface area contributed by atoms with Gasteiger partial charge >= 0.3 is 0 Å². The standard InChI is InChI=1S/C14H10ClNOS/c15-12-2-1-3-13(7-12)18-14-5-4-10(9-17)6-11(14)8-16/h1-7,17H,9H2. The van der Waals surface area contributed by atoms with E-state index < -0.39 is 0 Å². The topological polar surface area (TPSA) is 44.0 Å². The van der Waals surface area contributed by atoms with Crippen LogP contribution < -0.4 is 0 Å². The molecule has 0 aliphatic rings. The summed E-state index contributed by atoms with van der Waals surface area (Å²) in [4.78, 5) is 1.84. The van der Waals surface area contributed by atoms with Crippen molar-refractivity contribution in [2.45, 2.75) is 16.4 Å². The van der Waals surface area contributed by atoms with Crippen LogP contribution in [0.15, 0.2) is 52.3 Å². The number of hydrogen-bond donors (Lipinski definition) is 1. The minimum Gasteiger partial charge on any atom is -0.392 e. The van der Waals surface area contributed by atoms with E-state index >= 15 is 0 Å². The van der Waals surface area contributed by atoms with Crippen LogP contribution in [0.3, 0.4) is 0 Å². The summed E-state index contributed by atoms with van der Waals surface area (Å²) < 4.78 is 0. The molecule has 18 heavy (non-hydrogen) atoms. The van der Waals surface area contributed by atoms with Crippen LogP contribution in [0.25, 0.3) is 0 Å². The van der Waals surface area contributed by atoms with Crippen LogP contribution in [0.4, 0.5) is 0 Å². The molecule has 90 valence electrons. The molecule has 2 nitrogen and oxygen atoms in total. The van der Waals surface area contributed by atoms with E-state index in [-0.39, 0.29) is 6.61 Å². The Balaban J connectivity index is 2.32. The second-order valence-corrected chi connectivity index (χ2v) is 5.21. The Hall–Kier alpha value is -1.47. The van der Waals surface area contributed by atoms with Crippen molar-refractivity contribution >= 4 is 23.4 Å². The molecule has 0 aliphatic carbocycles. The van der Waals surface area contributed by atoms with Gasteiger partial charge in [-0.2, -0.15) is 5.26 Å². The lowest BCUT2D eigenvalue weighted by Gasteiger charge is -2.05. The Labute approximate surface area is 115 Å². The van der Waals surface area contributed by atoms with E-state index in [0.29, 0.717) is 10.6 Å². The van der Waals surface area contributed by atoms with Crippen molar-refractivity contribution in [2.75, 3.05) is 0 Å². The maximum absolute atomic E-state index is 9.10. The van der Waals surface area contributed by atoms with Crippen molar-refractivity contribution in [3.63, 3.8) is 0 Å². The molecule has 0 atom stereocenters. The molecule has 0 radical (unpaired) electrons. The van der Waals surface area contributed by atoms with Gasteiger partial charge in [-0.1, -0.05) is 35.5 Å². The quantitative estimate of drug-likeness (QED) is 0.925. The molecule has 2 aromatic rings. The van der Waals surface area contributed by atoms with E-state index in [9.17, 15) is 0 Å². The number of benzene rings is 2. The summed E-state index contributed by atoms with van der Waals surface area (Å²) in [5.74, 6) is 0. The zero-order chi connectivity index (χ0) is 13.0. The van der Waals surface area contributed by atoms with Gasteiger partial charge < -0.3 is 5.11 Å². The van der Waals surface area contributed by atoms with Crippen molar-refractivity contribution in [1.29, 1.82) is 5.26 Å². The average Bonchev–Trinajstić information content (AvgIpc) is 2.39. The molecule has 0 saturated carbocycles. The molecule has 1 N–H and O–H groups in total. The first-order chi connectivity index (χ1) is 8.72. The first-order valence-corrected chi connectivity index (χ1v) is 6.49. The molecule has 0 unspecified atom stereocenters. The van der Waals surface area contributed by atoms with Crippen LogP contribution >= 0.6 is 23.4 Å². The molecule has 0 aromatic heterocycles. The monoisotopic (exact) mass is 275 g/mol. The van der Waals surface area contributed by atoms with Crippen molar-refractivity contribution in [2.24, 2.45) is 0 Å². The molecule has 0 aliphatic heterocycles. The maximum Gasteiger partial charge on any atom is 0.100 e. The number of nitriles is 1. The molecule has 0 heterocycles. The third-order valence-electron chi connectivity index (χ3n) is 2.37. The van der Waals surface area contributed by atoms with Crippen molar-refractivity contribution in [1.82, 2.24) is 0 Å². The zero-order valence-corrected chi connectivity index (χ0v) is 11.0. The Morgan fingerprint density at radius 1 is 1.22 bits per heavy atom. The summed E-state index contributed by atoms with van der Waals surface area (Å²) in [6.07, 6.45) is 0. The van der Waals surface area contributed by atoms with Crippen LogP contribution in [0, 0.1) is 11.3 Å². The van der Waals surface area contributed by atoms with E-state index in [1.165, 1.54) is 11.8 Å². The Bertz CT molecular complexity index is 607. The molecular weight excluding hydrogens is 266 g/mol. The van der Waals surface area contributed by atoms with E-state index in [0.717, 1.165) is 15.4 Å². The third kappa shape index (κ3) is 3.05. The Morgan fingerprint density at radius 3 is 2.72 bits per heavy atom. The summed E-state index contributed by atoms with van der Waals surface area (Å²) in [6, 6.07) is 15.0. The van der Waals surface area contributed by atoms with Gasteiger partial charge in [-0.05, 0) is 35.9 Å². The molecular formula is C14H10ClNOS. The minimum atomic E-state index is -0.0587. The Kier molecular flexibility index (Phi) is 4.27. The van der Waals surface area contributed by atoms with Crippen LogP contribution in [0.1, 0.15) is 11.1 Å². The number of aliphatic hydroxyl groups excluding tert-OH is 1. The van der Waals surface area contributed by atoms with E-state index in [1.54, 1.807) is 6.07 Å². The minimum absolute atomic E-state index is 0.0587. The highest BCUT2D eigenvalue weighted by atomic mass is 35.5. The van der Waals surface area contributed by atoms with Gasteiger partial charge in [-0.3, -0.25) is 0 Å². The lowest BCUT2D eigenvalue weighted by Crippen LogP contribution is -1.87. The van der Waals surface area contributed by atoms with Crippen LogP contribution in [0.2, 0.25) is 5.02 Å². The van der Waals surface area contributed by atoms with Gasteiger partial charge in [0.1, 0.15) is 6.07 Å². The van der Waals surface area contributed by atoms with Crippen LogP contribution in [-0.4, -0.2) is 5.11 Å². The number of hydrogen-bond acceptors (Lipinski definition) is 3. The molecule has 2 aromatic carbocycles. The first-order valence-electron chi connectivity index (χ1n) is 5.30. The molecule has 4 heteroatoms. The molecule has 0 fully saturated rings. The summed E-state index contributed by atoms with van der Waals surface area (Å²) in [5, 5.41) is 18.8. The van der Waals surface area contributed by atoms with Gasteiger partial charge in [0.05, 0.1) is 12.2 Å². The molecule has 0 spiro atoms. The largest absolute Gasteiger partial charge is 0.392 e. The number of nitrogens with zero attached hydrogens (tertiary/aromatic N) is 1. The number of rotatable bonds is 3. The second kappa shape index (κ2) is 5.92. The normalized spacial score (nSPS) is 10.1. The predicted octanol–water partition coefficient (Wildman–Crippen LogP) is 3.86. The van der Waals surface area contributed by atoms with Gasteiger partial charge in [0, 0.05) is 14.8 Å². The molecule has 0 bridgehead atoms.